The molecule has 1 saturated heterocycles. The molecule has 10 nitrogen and oxygen atoms in total. The molecule has 0 spiro atoms. The highest BCUT2D eigenvalue weighted by atomic mass is 16.7. The fraction of sp³-hybridized carbons (Fsp3) is 0.800. The highest BCUT2D eigenvalue weighted by Crippen LogP contribution is 2.64. The normalized spacial score (nSPS) is 44.8. The Bertz CT molecular complexity index is 1180. The van der Waals surface area contributed by atoms with Gasteiger partial charge in [-0.3, -0.25) is 4.79 Å². The van der Waals surface area contributed by atoms with E-state index in [4.69, 9.17) is 9.47 Å². The summed E-state index contributed by atoms with van der Waals surface area (Å²) in [5, 5.41) is 71.0. The highest BCUT2D eigenvalue weighted by molar-refractivity contribution is 5.96. The van der Waals surface area contributed by atoms with Crippen molar-refractivity contribution in [2.75, 3.05) is 19.8 Å². The van der Waals surface area contributed by atoms with Gasteiger partial charge in [-0.1, -0.05) is 45.4 Å². The Morgan fingerprint density at radius 2 is 1.80 bits per heavy atom. The third-order valence-corrected chi connectivity index (χ3v) is 12.3. The van der Waals surface area contributed by atoms with Gasteiger partial charge in [-0.25, -0.2) is 0 Å². The third-order valence-electron chi connectivity index (χ3n) is 12.3. The molecule has 5 aliphatic rings. The summed E-state index contributed by atoms with van der Waals surface area (Å²) < 4.78 is 11.7. The van der Waals surface area contributed by atoms with Crippen molar-refractivity contribution in [1.82, 2.24) is 0 Å². The van der Waals surface area contributed by atoms with Gasteiger partial charge in [-0.15, -0.1) is 0 Å². The van der Waals surface area contributed by atoms with Crippen molar-refractivity contribution < 1.29 is 50.0 Å². The predicted octanol–water partition coefficient (Wildman–Crippen LogP) is 1.78. The van der Waals surface area contributed by atoms with Gasteiger partial charge in [-0.05, 0) is 85.3 Å². The Kier molecular flexibility index (Phi) is 10.5. The van der Waals surface area contributed by atoms with Crippen LogP contribution in [0.25, 0.3) is 0 Å². The summed E-state index contributed by atoms with van der Waals surface area (Å²) in [7, 11) is 0. The molecule has 2 saturated carbocycles. The van der Waals surface area contributed by atoms with E-state index in [1.54, 1.807) is 12.2 Å². The van der Waals surface area contributed by atoms with Gasteiger partial charge in [0.05, 0.1) is 25.4 Å². The summed E-state index contributed by atoms with van der Waals surface area (Å²) in [6, 6.07) is 0. The van der Waals surface area contributed by atoms with E-state index < -0.39 is 54.9 Å². The van der Waals surface area contributed by atoms with E-state index in [1.165, 1.54) is 5.57 Å². The number of allylic oxidation sites excluding steroid dienone is 4. The van der Waals surface area contributed by atoms with Crippen molar-refractivity contribution in [1.29, 1.82) is 0 Å². The number of fused-ring (bicyclic) bond motifs is 5. The quantitative estimate of drug-likeness (QED) is 0.175. The summed E-state index contributed by atoms with van der Waals surface area (Å²) in [6.45, 7) is 8.00. The smallest absolute Gasteiger partial charge is 0.186 e. The van der Waals surface area contributed by atoms with Gasteiger partial charge in [0, 0.05) is 23.9 Å². The minimum atomic E-state index is -1.52. The Morgan fingerprint density at radius 1 is 1.07 bits per heavy atom. The molecule has 1 heterocycles. The van der Waals surface area contributed by atoms with Crippen LogP contribution in [0.3, 0.4) is 0 Å². The number of ketones is 1. The topological polar surface area (TPSA) is 177 Å². The van der Waals surface area contributed by atoms with Crippen LogP contribution in [0.5, 0.6) is 0 Å². The second-order valence-corrected chi connectivity index (χ2v) is 15.0. The van der Waals surface area contributed by atoms with Gasteiger partial charge in [0.1, 0.15) is 24.4 Å². The molecule has 3 fully saturated rings. The van der Waals surface area contributed by atoms with E-state index in [0.29, 0.717) is 25.7 Å². The third kappa shape index (κ3) is 6.16. The number of hydrogen-bond acceptors (Lipinski definition) is 10. The molecule has 10 heteroatoms. The monoisotopic (exact) mass is 634 g/mol. The lowest BCUT2D eigenvalue weighted by atomic mass is 9.51. The molecule has 7 N–H and O–H groups in total. The fourth-order valence-electron chi connectivity index (χ4n) is 9.62. The van der Waals surface area contributed by atoms with Crippen LogP contribution in [0.4, 0.5) is 0 Å². The van der Waals surface area contributed by atoms with Crippen LogP contribution in [0.2, 0.25) is 0 Å². The number of carbonyl (C=O) groups excluding carboxylic acids is 1. The molecule has 0 aromatic heterocycles. The first-order valence-electron chi connectivity index (χ1n) is 16.8. The molecule has 4 aliphatic carbocycles. The maximum absolute atomic E-state index is 13.8. The summed E-state index contributed by atoms with van der Waals surface area (Å²) in [6.07, 6.45) is 2.99. The molecule has 254 valence electrons. The average molecular weight is 635 g/mol. The van der Waals surface area contributed by atoms with Crippen molar-refractivity contribution in [3.63, 3.8) is 0 Å². The van der Waals surface area contributed by atoms with Crippen LogP contribution in [0.1, 0.15) is 72.6 Å². The molecule has 1 aliphatic heterocycles. The highest BCUT2D eigenvalue weighted by Gasteiger charge is 2.60. The standard InChI is InChI=1S/C35H54O10/c1-18(5-6-20(9-12-36)19(2)16-37)29-27(40)15-24-22-14-26(39)25-13-21(7-10-34(25,3)23(22)8-11-35(24,29)4)44-33-32(43)31(42)30(41)28(17-38)45-33/h8-9,14,18-19,21,24-25,27-33,36-38,40-43H,5-7,10-13,15-17H2,1-4H3/t18-,19-,21+,24+,25-,27+,28-,29+,30-,31+,32-,33-,34-,35+/m1/s1. The molecule has 0 radical (unpaired) electrons. The van der Waals surface area contributed by atoms with E-state index >= 15 is 0 Å². The zero-order valence-corrected chi connectivity index (χ0v) is 27.1. The first kappa shape index (κ1) is 34.9. The maximum atomic E-state index is 13.8. The second kappa shape index (κ2) is 13.6. The van der Waals surface area contributed by atoms with E-state index in [2.05, 4.69) is 26.8 Å². The van der Waals surface area contributed by atoms with Gasteiger partial charge in [-0.2, -0.15) is 0 Å². The van der Waals surface area contributed by atoms with Crippen LogP contribution in [0.15, 0.2) is 34.9 Å². The zero-order valence-electron chi connectivity index (χ0n) is 27.1. The van der Waals surface area contributed by atoms with Crippen LogP contribution < -0.4 is 0 Å². The van der Waals surface area contributed by atoms with Gasteiger partial charge in [0.15, 0.2) is 12.1 Å². The van der Waals surface area contributed by atoms with Crippen LogP contribution >= 0.6 is 0 Å². The SMILES string of the molecule is C[C@H](CO)C(=CCO)CC[C@@H](C)[C@H]1[C@@H](O)C[C@H]2C3=CC(=O)[C@H]4C[C@@H](O[C@@H]5O[C@H](CO)[C@@H](O)[C@H](O)[C@H]5O)CC[C@]4(C)C3=CC[C@]12C. The number of carbonyl (C=O) groups is 1. The summed E-state index contributed by atoms with van der Waals surface area (Å²) in [5.41, 5.74) is 2.70. The van der Waals surface area contributed by atoms with E-state index in [1.807, 2.05) is 6.92 Å². The zero-order chi connectivity index (χ0) is 32.8. The van der Waals surface area contributed by atoms with Crippen LogP contribution in [-0.2, 0) is 14.3 Å². The molecular formula is C35H54O10. The number of aliphatic hydroxyl groups is 7. The maximum Gasteiger partial charge on any atom is 0.186 e. The average Bonchev–Trinajstić information content (AvgIpc) is 3.29. The van der Waals surface area contributed by atoms with E-state index in [9.17, 15) is 40.5 Å². The Morgan fingerprint density at radius 3 is 2.47 bits per heavy atom. The number of hydrogen-bond donors (Lipinski definition) is 7. The van der Waals surface area contributed by atoms with Gasteiger partial charge >= 0.3 is 0 Å². The molecule has 0 amide bonds. The molecule has 0 aromatic carbocycles. The summed E-state index contributed by atoms with van der Waals surface area (Å²) in [4.78, 5) is 13.8. The summed E-state index contributed by atoms with van der Waals surface area (Å²) in [5.74, 6) is 0.00535. The minimum absolute atomic E-state index is 0.0221. The summed E-state index contributed by atoms with van der Waals surface area (Å²) >= 11 is 0. The van der Waals surface area contributed by atoms with Gasteiger partial charge < -0.3 is 45.2 Å². The Labute approximate surface area is 266 Å². The second-order valence-electron chi connectivity index (χ2n) is 15.0. The molecule has 0 aromatic rings. The fourth-order valence-corrected chi connectivity index (χ4v) is 9.62. The minimum Gasteiger partial charge on any atom is -0.396 e. The van der Waals surface area contributed by atoms with Gasteiger partial charge in [0.2, 0.25) is 0 Å². The van der Waals surface area contributed by atoms with Crippen LogP contribution in [0, 0.1) is 40.4 Å². The number of aliphatic hydroxyl groups excluding tert-OH is 7. The van der Waals surface area contributed by atoms with Crippen LogP contribution in [-0.4, -0.2) is 104 Å². The van der Waals surface area contributed by atoms with Gasteiger partial charge in [0.25, 0.3) is 0 Å². The number of ether oxygens (including phenoxy) is 2. The van der Waals surface area contributed by atoms with Crippen molar-refractivity contribution in [3.05, 3.63) is 34.9 Å². The molecule has 0 unspecified atom stereocenters. The lowest BCUT2D eigenvalue weighted by Crippen LogP contribution is -2.60. The van der Waals surface area contributed by atoms with Crippen molar-refractivity contribution in [2.24, 2.45) is 40.4 Å². The lowest BCUT2D eigenvalue weighted by molar-refractivity contribution is -0.314. The molecular weight excluding hydrogens is 580 g/mol. The molecule has 5 rings (SSSR count). The van der Waals surface area contributed by atoms with E-state index in [0.717, 1.165) is 30.4 Å². The Hall–Kier alpha value is -1.47. The van der Waals surface area contributed by atoms with E-state index in [-0.39, 0.29) is 54.0 Å². The molecule has 45 heavy (non-hydrogen) atoms. The molecule has 14 atom stereocenters. The lowest BCUT2D eigenvalue weighted by Gasteiger charge is -2.53. The first-order chi connectivity index (χ1) is 21.3. The predicted molar refractivity (Wildman–Crippen MR) is 165 cm³/mol. The van der Waals surface area contributed by atoms with Crippen molar-refractivity contribution in [3.8, 4) is 0 Å². The van der Waals surface area contributed by atoms with Crippen molar-refractivity contribution in [2.45, 2.75) is 116 Å². The first-order valence-corrected chi connectivity index (χ1v) is 16.8. The number of rotatable bonds is 10. The van der Waals surface area contributed by atoms with Crippen molar-refractivity contribution >= 4 is 5.78 Å². The Balaban J connectivity index is 1.31. The largest absolute Gasteiger partial charge is 0.396 e. The molecule has 0 bridgehead atoms.